The van der Waals surface area contributed by atoms with E-state index in [1.165, 1.54) is 0 Å². The van der Waals surface area contributed by atoms with Gasteiger partial charge in [-0.1, -0.05) is 15.9 Å². The van der Waals surface area contributed by atoms with E-state index in [1.54, 1.807) is 24.3 Å². The number of halogens is 1. The molecule has 1 aromatic heterocycles. The number of hydrogen-bond donors (Lipinski definition) is 0. The maximum atomic E-state index is 11.0. The Bertz CT molecular complexity index is 571. The van der Waals surface area contributed by atoms with E-state index in [0.717, 1.165) is 0 Å². The SMILES string of the molecule is O=[PH2]Oc1ccc(-c2oc(=O)oc2CBr)cc1. The zero-order chi connectivity index (χ0) is 12.3. The molecule has 5 nitrogen and oxygen atoms in total. The van der Waals surface area contributed by atoms with Crippen LogP contribution in [0.25, 0.3) is 11.3 Å². The van der Waals surface area contributed by atoms with Gasteiger partial charge in [0, 0.05) is 5.56 Å². The molecule has 1 aromatic carbocycles. The molecule has 0 saturated heterocycles. The van der Waals surface area contributed by atoms with Crippen molar-refractivity contribution < 1.29 is 17.9 Å². The Balaban J connectivity index is 2.38. The standard InChI is InChI=1S/C10H8BrO5P/c11-5-8-9(15-10(12)14-8)6-1-3-7(4-2-6)16-17-13/h1-4H,5,17H2. The minimum atomic E-state index is -1.28. The van der Waals surface area contributed by atoms with Crippen LogP contribution in [0.4, 0.5) is 0 Å². The fraction of sp³-hybridized carbons (Fsp3) is 0.100. The number of hydrogen-bond acceptors (Lipinski definition) is 5. The highest BCUT2D eigenvalue weighted by Crippen LogP contribution is 2.27. The summed E-state index contributed by atoms with van der Waals surface area (Å²) in [6.07, 6.45) is 0. The van der Waals surface area contributed by atoms with Crippen molar-refractivity contribution >= 4 is 24.6 Å². The molecule has 0 bridgehead atoms. The second-order valence-electron chi connectivity index (χ2n) is 3.08. The highest BCUT2D eigenvalue weighted by molar-refractivity contribution is 9.08. The molecule has 17 heavy (non-hydrogen) atoms. The van der Waals surface area contributed by atoms with Crippen molar-refractivity contribution in [2.24, 2.45) is 0 Å². The van der Waals surface area contributed by atoms with E-state index in [-0.39, 0.29) is 0 Å². The van der Waals surface area contributed by atoms with E-state index in [4.69, 9.17) is 13.4 Å². The molecule has 90 valence electrons. The Morgan fingerprint density at radius 2 is 1.94 bits per heavy atom. The molecule has 0 saturated carbocycles. The van der Waals surface area contributed by atoms with Crippen molar-refractivity contribution in [1.29, 1.82) is 0 Å². The van der Waals surface area contributed by atoms with Gasteiger partial charge in [-0.25, -0.2) is 4.79 Å². The van der Waals surface area contributed by atoms with Crippen LogP contribution in [0.3, 0.4) is 0 Å². The third-order valence-electron chi connectivity index (χ3n) is 2.07. The third-order valence-corrected chi connectivity index (χ3v) is 2.94. The highest BCUT2D eigenvalue weighted by atomic mass is 79.9. The zero-order valence-electron chi connectivity index (χ0n) is 8.51. The molecular formula is C10H8BrO5P. The van der Waals surface area contributed by atoms with E-state index >= 15 is 0 Å². The Morgan fingerprint density at radius 3 is 2.53 bits per heavy atom. The average molecular weight is 319 g/mol. The minimum absolute atomic E-state index is 0.382. The molecule has 1 atom stereocenters. The van der Waals surface area contributed by atoms with E-state index in [0.29, 0.717) is 28.2 Å². The molecule has 0 spiro atoms. The van der Waals surface area contributed by atoms with Gasteiger partial charge in [0.2, 0.25) is 8.69 Å². The molecule has 0 aliphatic carbocycles. The molecule has 2 rings (SSSR count). The zero-order valence-corrected chi connectivity index (χ0v) is 11.3. The van der Waals surface area contributed by atoms with Crippen LogP contribution in [0.1, 0.15) is 5.76 Å². The van der Waals surface area contributed by atoms with Gasteiger partial charge >= 0.3 is 5.82 Å². The topological polar surface area (TPSA) is 69.7 Å². The molecule has 0 aliphatic heterocycles. The average Bonchev–Trinajstić information content (AvgIpc) is 2.72. The quantitative estimate of drug-likeness (QED) is 0.640. The fourth-order valence-electron chi connectivity index (χ4n) is 1.36. The fourth-order valence-corrected chi connectivity index (χ4v) is 1.99. The van der Waals surface area contributed by atoms with E-state index in [1.807, 2.05) is 0 Å². The Kier molecular flexibility index (Phi) is 3.86. The lowest BCUT2D eigenvalue weighted by molar-refractivity contribution is 0.381. The largest absolute Gasteiger partial charge is 0.519 e. The summed E-state index contributed by atoms with van der Waals surface area (Å²) in [6.45, 7) is 0. The van der Waals surface area contributed by atoms with Crippen LogP contribution >= 0.6 is 24.6 Å². The maximum Gasteiger partial charge on any atom is 0.519 e. The molecule has 0 aliphatic rings. The molecule has 1 heterocycles. The molecule has 2 aromatic rings. The number of benzene rings is 1. The lowest BCUT2D eigenvalue weighted by atomic mass is 10.1. The van der Waals surface area contributed by atoms with Gasteiger partial charge in [0.15, 0.2) is 11.5 Å². The molecule has 0 fully saturated rings. The van der Waals surface area contributed by atoms with Crippen LogP contribution < -0.4 is 10.3 Å². The van der Waals surface area contributed by atoms with Gasteiger partial charge in [-0.3, -0.25) is 4.57 Å². The first-order valence-corrected chi connectivity index (χ1v) is 6.70. The molecular weight excluding hydrogens is 311 g/mol. The summed E-state index contributed by atoms with van der Waals surface area (Å²) >= 11 is 3.20. The summed E-state index contributed by atoms with van der Waals surface area (Å²) in [4.78, 5) is 11.0. The molecule has 7 heteroatoms. The van der Waals surface area contributed by atoms with Crippen LogP contribution in [0.5, 0.6) is 5.75 Å². The maximum absolute atomic E-state index is 11.0. The summed E-state index contributed by atoms with van der Waals surface area (Å²) in [7, 11) is -1.28. The van der Waals surface area contributed by atoms with Gasteiger partial charge in [-0.15, -0.1) is 0 Å². The predicted molar refractivity (Wildman–Crippen MR) is 66.3 cm³/mol. The molecule has 0 N–H and O–H groups in total. The smallest absolute Gasteiger partial charge is 0.447 e. The van der Waals surface area contributed by atoms with Gasteiger partial charge in [0.05, 0.1) is 5.33 Å². The van der Waals surface area contributed by atoms with Gasteiger partial charge in [0.1, 0.15) is 5.75 Å². The van der Waals surface area contributed by atoms with Crippen LogP contribution in [-0.2, 0) is 9.90 Å². The number of rotatable bonds is 4. The summed E-state index contributed by atoms with van der Waals surface area (Å²) in [5, 5.41) is 0.386. The normalized spacial score (nSPS) is 11.1. The first-order valence-electron chi connectivity index (χ1n) is 4.64. The first kappa shape index (κ1) is 12.2. The van der Waals surface area contributed by atoms with Gasteiger partial charge in [0.25, 0.3) is 0 Å². The Hall–Kier alpha value is -1.26. The van der Waals surface area contributed by atoms with E-state index < -0.39 is 14.5 Å². The van der Waals surface area contributed by atoms with E-state index in [2.05, 4.69) is 15.9 Å². The van der Waals surface area contributed by atoms with Gasteiger partial charge in [-0.2, -0.15) is 0 Å². The van der Waals surface area contributed by atoms with Crippen molar-refractivity contribution in [2.75, 3.05) is 0 Å². The summed E-state index contributed by atoms with van der Waals surface area (Å²) in [6, 6.07) is 6.69. The second-order valence-corrected chi connectivity index (χ2v) is 4.07. The van der Waals surface area contributed by atoms with Crippen LogP contribution in [0.15, 0.2) is 37.9 Å². The minimum Gasteiger partial charge on any atom is -0.447 e. The van der Waals surface area contributed by atoms with Crippen molar-refractivity contribution in [2.45, 2.75) is 5.33 Å². The number of alkyl halides is 1. The Labute approximate surface area is 106 Å². The van der Waals surface area contributed by atoms with Crippen LogP contribution in [0, 0.1) is 0 Å². The summed E-state index contributed by atoms with van der Waals surface area (Å²) in [5.41, 5.74) is 0.693. The van der Waals surface area contributed by atoms with Crippen molar-refractivity contribution in [3.63, 3.8) is 0 Å². The summed E-state index contributed by atoms with van der Waals surface area (Å²) < 4.78 is 25.0. The van der Waals surface area contributed by atoms with Crippen molar-refractivity contribution in [1.82, 2.24) is 0 Å². The van der Waals surface area contributed by atoms with Crippen molar-refractivity contribution in [3.8, 4) is 17.1 Å². The van der Waals surface area contributed by atoms with Gasteiger partial charge in [-0.05, 0) is 24.3 Å². The highest BCUT2D eigenvalue weighted by Gasteiger charge is 2.13. The van der Waals surface area contributed by atoms with Gasteiger partial charge < -0.3 is 13.4 Å². The lowest BCUT2D eigenvalue weighted by Crippen LogP contribution is -1.85. The Morgan fingerprint density at radius 1 is 1.24 bits per heavy atom. The first-order chi connectivity index (χ1) is 8.24. The molecule has 0 radical (unpaired) electrons. The second kappa shape index (κ2) is 5.38. The molecule has 0 amide bonds. The predicted octanol–water partition coefficient (Wildman–Crippen LogP) is 2.84. The van der Waals surface area contributed by atoms with E-state index in [9.17, 15) is 9.36 Å². The van der Waals surface area contributed by atoms with Crippen LogP contribution in [-0.4, -0.2) is 0 Å². The third kappa shape index (κ3) is 2.70. The van der Waals surface area contributed by atoms with Crippen molar-refractivity contribution in [3.05, 3.63) is 40.6 Å². The monoisotopic (exact) mass is 318 g/mol. The lowest BCUT2D eigenvalue weighted by Gasteiger charge is -2.00. The molecule has 1 unspecified atom stereocenters. The summed E-state index contributed by atoms with van der Waals surface area (Å²) in [5.74, 6) is 0.578. The van der Waals surface area contributed by atoms with Crippen LogP contribution in [0.2, 0.25) is 0 Å².